The molecule has 0 radical (unpaired) electrons. The van der Waals surface area contributed by atoms with Crippen molar-refractivity contribution >= 4 is 0 Å². The molecule has 3 heterocycles. The lowest BCUT2D eigenvalue weighted by Crippen LogP contribution is -2.21. The van der Waals surface area contributed by atoms with Gasteiger partial charge in [-0.2, -0.15) is 0 Å². The van der Waals surface area contributed by atoms with Crippen molar-refractivity contribution in [3.05, 3.63) is 24.3 Å². The van der Waals surface area contributed by atoms with Crippen LogP contribution in [-0.4, -0.2) is 16.1 Å². The Morgan fingerprint density at radius 3 is 2.46 bits per heavy atom. The molecule has 2 fully saturated rings. The van der Waals surface area contributed by atoms with E-state index in [0.717, 1.165) is 18.4 Å². The average molecular weight is 176 g/mol. The molecule has 2 bridgehead atoms. The predicted molar refractivity (Wildman–Crippen MR) is 47.1 cm³/mol. The molecule has 0 aliphatic carbocycles. The van der Waals surface area contributed by atoms with Crippen molar-refractivity contribution in [3.63, 3.8) is 0 Å². The second kappa shape index (κ2) is 2.51. The molecule has 0 N–H and O–H groups in total. The molecule has 0 unspecified atom stereocenters. The van der Waals surface area contributed by atoms with Crippen LogP contribution < -0.4 is 0 Å². The van der Waals surface area contributed by atoms with Crippen LogP contribution in [0.5, 0.6) is 0 Å². The van der Waals surface area contributed by atoms with Crippen molar-refractivity contribution in [1.29, 1.82) is 0 Å². The molecule has 3 heteroatoms. The van der Waals surface area contributed by atoms with E-state index in [1.54, 1.807) is 6.33 Å². The highest BCUT2D eigenvalue weighted by atomic mass is 16.5. The molecular formula is C10H12N2O. The lowest BCUT2D eigenvalue weighted by Gasteiger charge is -2.23. The van der Waals surface area contributed by atoms with E-state index in [2.05, 4.69) is 9.97 Å². The van der Waals surface area contributed by atoms with Gasteiger partial charge in [-0.25, -0.2) is 9.97 Å². The van der Waals surface area contributed by atoms with Gasteiger partial charge in [0.05, 0.1) is 11.7 Å². The maximum absolute atomic E-state index is 5.97. The smallest absolute Gasteiger partial charge is 0.115 e. The van der Waals surface area contributed by atoms with Crippen LogP contribution in [0.4, 0.5) is 0 Å². The SMILES string of the molecule is c1ncc(C23CCC(CC2)O3)cn1. The minimum Gasteiger partial charge on any atom is -0.367 e. The molecule has 0 spiro atoms. The van der Waals surface area contributed by atoms with Gasteiger partial charge in [-0.05, 0) is 25.7 Å². The molecule has 0 saturated carbocycles. The van der Waals surface area contributed by atoms with E-state index in [1.165, 1.54) is 12.8 Å². The fourth-order valence-corrected chi connectivity index (χ4v) is 2.50. The normalized spacial score (nSPS) is 36.8. The fourth-order valence-electron chi connectivity index (χ4n) is 2.50. The van der Waals surface area contributed by atoms with Gasteiger partial charge in [0.15, 0.2) is 0 Å². The first-order valence-electron chi connectivity index (χ1n) is 4.82. The van der Waals surface area contributed by atoms with Crippen LogP contribution in [0.1, 0.15) is 31.2 Å². The van der Waals surface area contributed by atoms with E-state index in [1.807, 2.05) is 12.4 Å². The number of hydrogen-bond donors (Lipinski definition) is 0. The number of ether oxygens (including phenoxy) is 1. The first-order chi connectivity index (χ1) is 6.39. The Hall–Kier alpha value is -0.960. The highest BCUT2D eigenvalue weighted by molar-refractivity contribution is 5.19. The van der Waals surface area contributed by atoms with Crippen molar-refractivity contribution in [3.8, 4) is 0 Å². The van der Waals surface area contributed by atoms with E-state index < -0.39 is 0 Å². The van der Waals surface area contributed by atoms with Crippen LogP contribution in [-0.2, 0) is 10.3 Å². The maximum Gasteiger partial charge on any atom is 0.115 e. The first kappa shape index (κ1) is 7.44. The fraction of sp³-hybridized carbons (Fsp3) is 0.600. The minimum atomic E-state index is -0.0219. The van der Waals surface area contributed by atoms with Gasteiger partial charge in [-0.3, -0.25) is 0 Å². The van der Waals surface area contributed by atoms with Crippen molar-refractivity contribution in [2.45, 2.75) is 37.4 Å². The monoisotopic (exact) mass is 176 g/mol. The summed E-state index contributed by atoms with van der Waals surface area (Å²) in [5.74, 6) is 0. The Morgan fingerprint density at radius 2 is 1.92 bits per heavy atom. The summed E-state index contributed by atoms with van der Waals surface area (Å²) >= 11 is 0. The molecule has 2 aliphatic rings. The Labute approximate surface area is 77.2 Å². The van der Waals surface area contributed by atoms with Gasteiger partial charge in [-0.15, -0.1) is 0 Å². The van der Waals surface area contributed by atoms with E-state index in [-0.39, 0.29) is 5.60 Å². The standard InChI is InChI=1S/C10H12N2O/c1-3-10(4-2-9(1)13-10)8-5-11-7-12-6-8/h5-7,9H,1-4H2. The van der Waals surface area contributed by atoms with Crippen LogP contribution in [0.15, 0.2) is 18.7 Å². The van der Waals surface area contributed by atoms with Gasteiger partial charge >= 0.3 is 0 Å². The van der Waals surface area contributed by atoms with Crippen molar-refractivity contribution in [1.82, 2.24) is 9.97 Å². The third-order valence-electron chi connectivity index (χ3n) is 3.22. The quantitative estimate of drug-likeness (QED) is 0.652. The van der Waals surface area contributed by atoms with Gasteiger partial charge in [0, 0.05) is 18.0 Å². The second-order valence-corrected chi connectivity index (χ2v) is 3.94. The van der Waals surface area contributed by atoms with Crippen molar-refractivity contribution in [2.75, 3.05) is 0 Å². The zero-order valence-electron chi connectivity index (χ0n) is 7.44. The Morgan fingerprint density at radius 1 is 1.23 bits per heavy atom. The number of rotatable bonds is 1. The first-order valence-corrected chi connectivity index (χ1v) is 4.82. The maximum atomic E-state index is 5.97. The molecule has 2 aliphatic heterocycles. The molecule has 1 aromatic rings. The zero-order chi connectivity index (χ0) is 8.73. The molecule has 3 nitrogen and oxygen atoms in total. The summed E-state index contributed by atoms with van der Waals surface area (Å²) in [7, 11) is 0. The number of nitrogens with zero attached hydrogens (tertiary/aromatic N) is 2. The second-order valence-electron chi connectivity index (χ2n) is 3.94. The molecule has 0 aromatic carbocycles. The molecule has 13 heavy (non-hydrogen) atoms. The van der Waals surface area contributed by atoms with Crippen LogP contribution in [0.3, 0.4) is 0 Å². The Bertz CT molecular complexity index is 304. The van der Waals surface area contributed by atoms with Gasteiger partial charge in [0.2, 0.25) is 0 Å². The number of hydrogen-bond acceptors (Lipinski definition) is 3. The summed E-state index contributed by atoms with van der Waals surface area (Å²) in [6, 6.07) is 0. The van der Waals surface area contributed by atoms with Crippen molar-refractivity contribution in [2.24, 2.45) is 0 Å². The third-order valence-corrected chi connectivity index (χ3v) is 3.22. The largest absolute Gasteiger partial charge is 0.367 e. The summed E-state index contributed by atoms with van der Waals surface area (Å²) in [5.41, 5.74) is 1.14. The third kappa shape index (κ3) is 1.000. The molecule has 68 valence electrons. The summed E-state index contributed by atoms with van der Waals surface area (Å²) < 4.78 is 5.97. The zero-order valence-corrected chi connectivity index (χ0v) is 7.44. The van der Waals surface area contributed by atoms with E-state index in [9.17, 15) is 0 Å². The molecule has 0 atom stereocenters. The van der Waals surface area contributed by atoms with E-state index >= 15 is 0 Å². The molecule has 1 aromatic heterocycles. The topological polar surface area (TPSA) is 35.0 Å². The number of fused-ring (bicyclic) bond motifs is 2. The summed E-state index contributed by atoms with van der Waals surface area (Å²) in [5, 5.41) is 0. The van der Waals surface area contributed by atoms with Gasteiger partial charge < -0.3 is 4.74 Å². The average Bonchev–Trinajstić information content (AvgIpc) is 2.80. The Balaban J connectivity index is 2.00. The highest BCUT2D eigenvalue weighted by Gasteiger charge is 2.47. The minimum absolute atomic E-state index is 0.0219. The Kier molecular flexibility index (Phi) is 1.44. The summed E-state index contributed by atoms with van der Waals surface area (Å²) in [6.07, 6.45) is 10.5. The van der Waals surface area contributed by atoms with E-state index in [4.69, 9.17) is 4.74 Å². The molecule has 3 rings (SSSR count). The van der Waals surface area contributed by atoms with Gasteiger partial charge in [0.1, 0.15) is 6.33 Å². The van der Waals surface area contributed by atoms with Crippen molar-refractivity contribution < 1.29 is 4.74 Å². The van der Waals surface area contributed by atoms with Crippen LogP contribution >= 0.6 is 0 Å². The van der Waals surface area contributed by atoms with Gasteiger partial charge in [0.25, 0.3) is 0 Å². The summed E-state index contributed by atoms with van der Waals surface area (Å²) in [4.78, 5) is 8.10. The van der Waals surface area contributed by atoms with Crippen LogP contribution in [0.25, 0.3) is 0 Å². The van der Waals surface area contributed by atoms with E-state index in [0.29, 0.717) is 6.10 Å². The molecular weight excluding hydrogens is 164 g/mol. The molecule has 0 amide bonds. The lowest BCUT2D eigenvalue weighted by atomic mass is 9.84. The van der Waals surface area contributed by atoms with Gasteiger partial charge in [-0.1, -0.05) is 0 Å². The highest BCUT2D eigenvalue weighted by Crippen LogP contribution is 2.49. The van der Waals surface area contributed by atoms with Crippen LogP contribution in [0.2, 0.25) is 0 Å². The number of aromatic nitrogens is 2. The predicted octanol–water partition coefficient (Wildman–Crippen LogP) is 1.64. The van der Waals surface area contributed by atoms with Crippen LogP contribution in [0, 0.1) is 0 Å². The lowest BCUT2D eigenvalue weighted by molar-refractivity contribution is 0.00952. The molecule has 2 saturated heterocycles. The summed E-state index contributed by atoms with van der Waals surface area (Å²) in [6.45, 7) is 0.